The highest BCUT2D eigenvalue weighted by atomic mass is 32.1. The fourth-order valence-corrected chi connectivity index (χ4v) is 3.36. The Morgan fingerprint density at radius 3 is 2.64 bits per heavy atom. The highest BCUT2D eigenvalue weighted by Gasteiger charge is 2.38. The number of alkyl halides is 3. The first kappa shape index (κ1) is 18.0. The van der Waals surface area contributed by atoms with Crippen molar-refractivity contribution in [2.24, 2.45) is 0 Å². The van der Waals surface area contributed by atoms with E-state index in [0.29, 0.717) is 10.7 Å². The van der Waals surface area contributed by atoms with Crippen LogP contribution in [0.4, 0.5) is 18.3 Å². The Bertz CT molecular complexity index is 1140. The van der Waals surface area contributed by atoms with E-state index in [1.165, 1.54) is 12.1 Å². The van der Waals surface area contributed by atoms with Crippen molar-refractivity contribution in [1.29, 1.82) is 0 Å². The normalized spacial score (nSPS) is 11.7. The minimum absolute atomic E-state index is 0.163. The second-order valence-corrected chi connectivity index (χ2v) is 6.66. The lowest BCUT2D eigenvalue weighted by Gasteiger charge is -2.10. The van der Waals surface area contributed by atoms with E-state index in [1.54, 1.807) is 36.5 Å². The van der Waals surface area contributed by atoms with Crippen molar-refractivity contribution in [3.05, 3.63) is 54.5 Å². The number of carbonyl (C=O) groups is 1. The third kappa shape index (κ3) is 3.56. The molecule has 0 aliphatic rings. The molecule has 0 bridgehead atoms. The van der Waals surface area contributed by atoms with Crippen LogP contribution in [0, 0.1) is 0 Å². The van der Waals surface area contributed by atoms with Crippen LogP contribution in [0.3, 0.4) is 0 Å². The number of benzene rings is 1. The number of nitrogens with one attached hydrogen (secondary N) is 1. The number of halogens is 3. The van der Waals surface area contributed by atoms with Gasteiger partial charge >= 0.3 is 6.18 Å². The van der Waals surface area contributed by atoms with Crippen molar-refractivity contribution in [1.82, 2.24) is 24.7 Å². The fourth-order valence-electron chi connectivity index (χ4n) is 2.62. The number of nitrogens with zero attached hydrogens (tertiary/aromatic N) is 5. The molecule has 0 atom stereocenters. The molecule has 3 aromatic heterocycles. The largest absolute Gasteiger partial charge is 0.449 e. The standard InChI is InChI=1S/C17H11F3N6OS/c18-17(19,20)15-22-10-5-1-2-7-12(10)26(15)9-13(27)23-16-25-24-14(28-16)11-6-3-4-8-21-11/h1-8H,9H2,(H,23,25,27). The molecule has 0 saturated heterocycles. The van der Waals surface area contributed by atoms with Gasteiger partial charge in [-0.05, 0) is 24.3 Å². The first-order valence-electron chi connectivity index (χ1n) is 7.99. The van der Waals surface area contributed by atoms with Gasteiger partial charge in [-0.3, -0.25) is 15.1 Å². The summed E-state index contributed by atoms with van der Waals surface area (Å²) in [7, 11) is 0. The van der Waals surface area contributed by atoms with Crippen LogP contribution in [0.2, 0.25) is 0 Å². The maximum absolute atomic E-state index is 13.3. The summed E-state index contributed by atoms with van der Waals surface area (Å²) in [4.78, 5) is 20.1. The maximum Gasteiger partial charge on any atom is 0.449 e. The predicted molar refractivity (Wildman–Crippen MR) is 96.5 cm³/mol. The fraction of sp³-hybridized carbons (Fsp3) is 0.118. The SMILES string of the molecule is O=C(Cn1c(C(F)(F)F)nc2ccccc21)Nc1nnc(-c2ccccn2)s1. The average molecular weight is 404 g/mol. The highest BCUT2D eigenvalue weighted by Crippen LogP contribution is 2.31. The number of hydrogen-bond donors (Lipinski definition) is 1. The van der Waals surface area contributed by atoms with Crippen molar-refractivity contribution in [3.8, 4) is 10.7 Å². The van der Waals surface area contributed by atoms with Gasteiger partial charge in [0.2, 0.25) is 16.9 Å². The Morgan fingerprint density at radius 2 is 1.89 bits per heavy atom. The van der Waals surface area contributed by atoms with Crippen LogP contribution in [-0.2, 0) is 17.5 Å². The maximum atomic E-state index is 13.3. The number of aromatic nitrogens is 5. The van der Waals surface area contributed by atoms with Gasteiger partial charge < -0.3 is 4.57 Å². The third-order valence-electron chi connectivity index (χ3n) is 3.77. The Morgan fingerprint density at radius 1 is 1.11 bits per heavy atom. The van der Waals surface area contributed by atoms with E-state index >= 15 is 0 Å². The summed E-state index contributed by atoms with van der Waals surface area (Å²) in [6, 6.07) is 11.4. The molecule has 0 unspecified atom stereocenters. The van der Waals surface area contributed by atoms with Gasteiger partial charge in [-0.2, -0.15) is 13.2 Å². The third-order valence-corrected chi connectivity index (χ3v) is 4.63. The number of hydrogen-bond acceptors (Lipinski definition) is 6. The zero-order valence-corrected chi connectivity index (χ0v) is 14.8. The van der Waals surface area contributed by atoms with Gasteiger partial charge in [0.15, 0.2) is 5.01 Å². The van der Waals surface area contributed by atoms with Crippen molar-refractivity contribution >= 4 is 33.4 Å². The van der Waals surface area contributed by atoms with Crippen LogP contribution in [0.25, 0.3) is 21.7 Å². The molecule has 3 heterocycles. The number of rotatable bonds is 4. The van der Waals surface area contributed by atoms with E-state index < -0.39 is 24.5 Å². The topological polar surface area (TPSA) is 85.6 Å². The number of carbonyl (C=O) groups excluding carboxylic acids is 1. The van der Waals surface area contributed by atoms with Gasteiger partial charge in [0.1, 0.15) is 12.2 Å². The smallest absolute Gasteiger partial charge is 0.311 e. The zero-order chi connectivity index (χ0) is 19.7. The van der Waals surface area contributed by atoms with Gasteiger partial charge in [0.05, 0.1) is 11.0 Å². The summed E-state index contributed by atoms with van der Waals surface area (Å²) < 4.78 is 40.8. The Balaban J connectivity index is 1.57. The second-order valence-electron chi connectivity index (χ2n) is 5.68. The number of imidazole rings is 1. The molecule has 0 aliphatic heterocycles. The highest BCUT2D eigenvalue weighted by molar-refractivity contribution is 7.18. The summed E-state index contributed by atoms with van der Waals surface area (Å²) in [5, 5.41) is 10.9. The van der Waals surface area contributed by atoms with E-state index in [-0.39, 0.29) is 16.2 Å². The van der Waals surface area contributed by atoms with E-state index in [1.807, 2.05) is 0 Å². The molecule has 7 nitrogen and oxygen atoms in total. The average Bonchev–Trinajstić information content (AvgIpc) is 3.27. The van der Waals surface area contributed by atoms with Crippen LogP contribution in [0.5, 0.6) is 0 Å². The van der Waals surface area contributed by atoms with Crippen molar-refractivity contribution < 1.29 is 18.0 Å². The molecule has 0 spiro atoms. The van der Waals surface area contributed by atoms with Gasteiger partial charge in [0.25, 0.3) is 0 Å². The Labute approximate surface area is 159 Å². The first-order chi connectivity index (χ1) is 13.4. The molecule has 1 aromatic carbocycles. The lowest BCUT2D eigenvalue weighted by molar-refractivity contribution is -0.147. The minimum atomic E-state index is -4.69. The summed E-state index contributed by atoms with van der Waals surface area (Å²) in [6.07, 6.45) is -3.09. The molecule has 0 aliphatic carbocycles. The summed E-state index contributed by atoms with van der Waals surface area (Å²) in [5.74, 6) is -1.80. The molecule has 0 fully saturated rings. The molecule has 4 aromatic rings. The minimum Gasteiger partial charge on any atom is -0.311 e. The van der Waals surface area contributed by atoms with E-state index in [2.05, 4.69) is 25.5 Å². The molecule has 0 saturated carbocycles. The van der Waals surface area contributed by atoms with Crippen LogP contribution < -0.4 is 5.32 Å². The van der Waals surface area contributed by atoms with Gasteiger partial charge in [-0.25, -0.2) is 4.98 Å². The van der Waals surface area contributed by atoms with E-state index in [9.17, 15) is 18.0 Å². The summed E-state index contributed by atoms with van der Waals surface area (Å²) >= 11 is 1.08. The van der Waals surface area contributed by atoms with Crippen LogP contribution in [-0.4, -0.2) is 30.6 Å². The van der Waals surface area contributed by atoms with Crippen LogP contribution in [0.1, 0.15) is 5.82 Å². The monoisotopic (exact) mass is 404 g/mol. The Hall–Kier alpha value is -3.34. The van der Waals surface area contributed by atoms with Crippen molar-refractivity contribution in [2.45, 2.75) is 12.7 Å². The molecular weight excluding hydrogens is 393 g/mol. The second kappa shape index (κ2) is 7.00. The number of pyridine rings is 1. The van der Waals surface area contributed by atoms with E-state index in [4.69, 9.17) is 0 Å². The van der Waals surface area contributed by atoms with Crippen molar-refractivity contribution in [2.75, 3.05) is 5.32 Å². The summed E-state index contributed by atoms with van der Waals surface area (Å²) in [6.45, 7) is -0.562. The molecule has 28 heavy (non-hydrogen) atoms. The van der Waals surface area contributed by atoms with Gasteiger partial charge in [-0.1, -0.05) is 29.5 Å². The lowest BCUT2D eigenvalue weighted by atomic mass is 10.3. The van der Waals surface area contributed by atoms with Gasteiger partial charge in [-0.15, -0.1) is 10.2 Å². The van der Waals surface area contributed by atoms with E-state index in [0.717, 1.165) is 15.9 Å². The molecule has 11 heteroatoms. The van der Waals surface area contributed by atoms with Gasteiger partial charge in [0, 0.05) is 6.20 Å². The molecule has 142 valence electrons. The molecule has 1 amide bonds. The molecular formula is C17H11F3N6OS. The molecule has 4 rings (SSSR count). The number of anilines is 1. The lowest BCUT2D eigenvalue weighted by Crippen LogP contribution is -2.23. The van der Waals surface area contributed by atoms with Crippen molar-refractivity contribution in [3.63, 3.8) is 0 Å². The number of amides is 1. The summed E-state index contributed by atoms with van der Waals surface area (Å²) in [5.41, 5.74) is 0.966. The quantitative estimate of drug-likeness (QED) is 0.562. The first-order valence-corrected chi connectivity index (χ1v) is 8.81. The number of para-hydroxylation sites is 2. The number of fused-ring (bicyclic) bond motifs is 1. The molecule has 1 N–H and O–H groups in total. The zero-order valence-electron chi connectivity index (χ0n) is 14.0. The van der Waals surface area contributed by atoms with Crippen LogP contribution in [0.15, 0.2) is 48.7 Å². The molecule has 0 radical (unpaired) electrons. The Kier molecular flexibility index (Phi) is 4.51. The van der Waals surface area contributed by atoms with Crippen LogP contribution >= 0.6 is 11.3 Å². The predicted octanol–water partition coefficient (Wildman–Crippen LogP) is 3.61.